The van der Waals surface area contributed by atoms with Gasteiger partial charge in [-0.15, -0.1) is 0 Å². The van der Waals surface area contributed by atoms with Crippen molar-refractivity contribution in [3.05, 3.63) is 0 Å². The molecule has 0 rings (SSSR count). The molecule has 19 heavy (non-hydrogen) atoms. The molecular weight excluding hydrogens is 236 g/mol. The van der Waals surface area contributed by atoms with Crippen LogP contribution in [0.2, 0.25) is 0 Å². The van der Waals surface area contributed by atoms with Crippen molar-refractivity contribution in [1.29, 1.82) is 0 Å². The Kier molecular flexibility index (Phi) is 12.8. The molecule has 2 nitrogen and oxygen atoms in total. The lowest BCUT2D eigenvalue weighted by Gasteiger charge is -1.98. The lowest BCUT2D eigenvalue weighted by atomic mass is 10.1. The van der Waals surface area contributed by atoms with Crippen molar-refractivity contribution >= 4 is 5.97 Å². The lowest BCUT2D eigenvalue weighted by Crippen LogP contribution is -1.85. The summed E-state index contributed by atoms with van der Waals surface area (Å²) in [5, 5.41) is 8.23. The average Bonchev–Trinajstić information content (AvgIpc) is 2.39. The molecule has 0 saturated heterocycles. The van der Waals surface area contributed by atoms with Crippen molar-refractivity contribution in [3.63, 3.8) is 0 Å². The topological polar surface area (TPSA) is 37.3 Å². The minimum Gasteiger partial charge on any atom is -0.472 e. The zero-order chi connectivity index (χ0) is 14.2. The summed E-state index contributed by atoms with van der Waals surface area (Å²) in [6, 6.07) is 0. The largest absolute Gasteiger partial charge is 0.472 e. The number of unbranched alkanes of at least 4 members (excludes halogenated alkanes) is 8. The molecule has 0 amide bonds. The van der Waals surface area contributed by atoms with Crippen LogP contribution in [0.5, 0.6) is 0 Å². The van der Waals surface area contributed by atoms with Crippen LogP contribution in [0.25, 0.3) is 0 Å². The average molecular weight is 258 g/mol. The summed E-state index contributed by atoms with van der Waals surface area (Å²) in [6.45, 7) is 2.23. The van der Waals surface area contributed by atoms with E-state index in [4.69, 9.17) is 5.11 Å². The second-order valence-corrected chi connectivity index (χ2v) is 4.33. The van der Waals surface area contributed by atoms with E-state index in [0.29, 0.717) is 0 Å². The molecule has 0 heterocycles. The molecule has 0 unspecified atom stereocenters. The van der Waals surface area contributed by atoms with Gasteiger partial charge in [0.05, 0.1) is 0 Å². The molecule has 1 N–H and O–H groups in total. The molecule has 2 heteroatoms. The Morgan fingerprint density at radius 3 is 2.05 bits per heavy atom. The predicted octanol–water partition coefficient (Wildman–Crippen LogP) is 3.61. The Morgan fingerprint density at radius 1 is 0.842 bits per heavy atom. The van der Waals surface area contributed by atoms with Crippen molar-refractivity contribution < 1.29 is 9.90 Å². The van der Waals surface area contributed by atoms with E-state index in [1.165, 1.54) is 44.9 Å². The Hall–Kier alpha value is -1.85. The summed E-state index contributed by atoms with van der Waals surface area (Å²) in [5.74, 6) is 13.5. The maximum absolute atomic E-state index is 10.0. The molecule has 0 spiro atoms. The van der Waals surface area contributed by atoms with Crippen LogP contribution in [0, 0.1) is 35.5 Å². The van der Waals surface area contributed by atoms with Gasteiger partial charge in [0.15, 0.2) is 0 Å². The summed E-state index contributed by atoms with van der Waals surface area (Å²) < 4.78 is 0. The van der Waals surface area contributed by atoms with Crippen LogP contribution in [0.1, 0.15) is 64.7 Å². The van der Waals surface area contributed by atoms with E-state index < -0.39 is 5.97 Å². The van der Waals surface area contributed by atoms with Gasteiger partial charge in [-0.2, -0.15) is 0 Å². The third kappa shape index (κ3) is 16.1. The molecule has 0 aliphatic carbocycles. The first kappa shape index (κ1) is 17.2. The minimum absolute atomic E-state index is 0.857. The first-order valence-electron chi connectivity index (χ1n) is 6.99. The fraction of sp³-hybridized carbons (Fsp3) is 0.588. The van der Waals surface area contributed by atoms with E-state index in [0.717, 1.165) is 12.8 Å². The zero-order valence-corrected chi connectivity index (χ0v) is 11.7. The molecule has 102 valence electrons. The summed E-state index contributed by atoms with van der Waals surface area (Å²) >= 11 is 0. The number of rotatable bonds is 8. The van der Waals surface area contributed by atoms with Gasteiger partial charge in [0.1, 0.15) is 0 Å². The Balaban J connectivity index is 3.41. The van der Waals surface area contributed by atoms with Crippen LogP contribution >= 0.6 is 0 Å². The van der Waals surface area contributed by atoms with Crippen molar-refractivity contribution in [1.82, 2.24) is 0 Å². The standard InChI is InChI=1S/C17H22O2/c1-2-3-4-5-6-7-8-9-10-11-12-13-14-15-16-17(18)19/h2-10H2,1H3,(H,18,19). The quantitative estimate of drug-likeness (QED) is 0.533. The highest BCUT2D eigenvalue weighted by molar-refractivity contribution is 5.87. The first-order chi connectivity index (χ1) is 9.27. The van der Waals surface area contributed by atoms with Crippen LogP contribution < -0.4 is 0 Å². The molecule has 0 aliphatic heterocycles. The third-order valence-corrected chi connectivity index (χ3v) is 2.60. The minimum atomic E-state index is -1.17. The first-order valence-corrected chi connectivity index (χ1v) is 6.99. The number of carboxylic acids is 1. The second-order valence-electron chi connectivity index (χ2n) is 4.33. The monoisotopic (exact) mass is 258 g/mol. The van der Waals surface area contributed by atoms with Gasteiger partial charge < -0.3 is 5.11 Å². The fourth-order valence-corrected chi connectivity index (χ4v) is 1.60. The molecule has 0 atom stereocenters. The number of hydrogen-bond donors (Lipinski definition) is 1. The van der Waals surface area contributed by atoms with Crippen molar-refractivity contribution in [2.45, 2.75) is 64.7 Å². The summed E-state index contributed by atoms with van der Waals surface area (Å²) in [4.78, 5) is 10.0. The number of hydrogen-bond acceptors (Lipinski definition) is 1. The van der Waals surface area contributed by atoms with Gasteiger partial charge in [-0.3, -0.25) is 0 Å². The van der Waals surface area contributed by atoms with Crippen LogP contribution in [-0.4, -0.2) is 11.1 Å². The zero-order valence-electron chi connectivity index (χ0n) is 11.7. The molecule has 0 bridgehead atoms. The summed E-state index contributed by atoms with van der Waals surface area (Å²) in [7, 11) is 0. The lowest BCUT2D eigenvalue weighted by molar-refractivity contribution is -0.130. The van der Waals surface area contributed by atoms with Crippen LogP contribution in [-0.2, 0) is 4.79 Å². The van der Waals surface area contributed by atoms with Gasteiger partial charge in [-0.1, -0.05) is 57.8 Å². The van der Waals surface area contributed by atoms with Crippen molar-refractivity contribution in [3.8, 4) is 35.5 Å². The van der Waals surface area contributed by atoms with Gasteiger partial charge >= 0.3 is 5.97 Å². The van der Waals surface area contributed by atoms with Crippen molar-refractivity contribution in [2.75, 3.05) is 0 Å². The van der Waals surface area contributed by atoms with E-state index in [2.05, 4.69) is 36.5 Å². The van der Waals surface area contributed by atoms with Gasteiger partial charge in [-0.25, -0.2) is 4.79 Å². The van der Waals surface area contributed by atoms with Crippen LogP contribution in [0.3, 0.4) is 0 Å². The number of carbonyl (C=O) groups is 1. The highest BCUT2D eigenvalue weighted by Crippen LogP contribution is 2.08. The molecular formula is C17H22O2. The highest BCUT2D eigenvalue weighted by Gasteiger charge is 1.89. The molecule has 0 aromatic heterocycles. The fourth-order valence-electron chi connectivity index (χ4n) is 1.60. The van der Waals surface area contributed by atoms with E-state index in [1.807, 2.05) is 5.92 Å². The molecule has 0 radical (unpaired) electrons. The van der Waals surface area contributed by atoms with Gasteiger partial charge in [0.2, 0.25) is 0 Å². The van der Waals surface area contributed by atoms with Gasteiger partial charge in [0, 0.05) is 12.3 Å². The molecule has 0 saturated carbocycles. The molecule has 0 fully saturated rings. The number of aliphatic carboxylic acids is 1. The summed E-state index contributed by atoms with van der Waals surface area (Å²) in [5.41, 5.74) is 0. The smallest absolute Gasteiger partial charge is 0.382 e. The van der Waals surface area contributed by atoms with Crippen molar-refractivity contribution in [2.24, 2.45) is 0 Å². The Labute approximate surface area is 117 Å². The summed E-state index contributed by atoms with van der Waals surface area (Å²) in [6.07, 6.45) is 11.2. The maximum atomic E-state index is 10.0. The SMILES string of the molecule is CCCCCCCCCCC#CC#CC#CC(=O)O. The number of carboxylic acid groups (broad SMARTS) is 1. The maximum Gasteiger partial charge on any atom is 0.382 e. The van der Waals surface area contributed by atoms with Gasteiger partial charge in [0.25, 0.3) is 0 Å². The van der Waals surface area contributed by atoms with Crippen LogP contribution in [0.15, 0.2) is 0 Å². The molecule has 0 aromatic carbocycles. The Bertz CT molecular complexity index is 415. The highest BCUT2D eigenvalue weighted by atomic mass is 16.4. The third-order valence-electron chi connectivity index (χ3n) is 2.60. The normalized spacial score (nSPS) is 8.26. The predicted molar refractivity (Wildman–Crippen MR) is 78.2 cm³/mol. The Morgan fingerprint density at radius 2 is 1.42 bits per heavy atom. The van der Waals surface area contributed by atoms with E-state index in [-0.39, 0.29) is 0 Å². The second kappa shape index (κ2) is 14.2. The van der Waals surface area contributed by atoms with E-state index in [9.17, 15) is 4.79 Å². The molecule has 0 aromatic rings. The van der Waals surface area contributed by atoms with E-state index in [1.54, 1.807) is 0 Å². The molecule has 0 aliphatic rings. The van der Waals surface area contributed by atoms with E-state index >= 15 is 0 Å². The van der Waals surface area contributed by atoms with Gasteiger partial charge in [-0.05, 0) is 30.1 Å². The van der Waals surface area contributed by atoms with Crippen LogP contribution in [0.4, 0.5) is 0 Å².